The molecule has 0 saturated carbocycles. The zero-order valence-corrected chi connectivity index (χ0v) is 8.53. The number of aromatic hydroxyl groups is 1. The van der Waals surface area contributed by atoms with Gasteiger partial charge in [-0.15, -0.1) is 6.42 Å². The first-order valence-electron chi connectivity index (χ1n) is 4.88. The molecule has 2 atom stereocenters. The van der Waals surface area contributed by atoms with Crippen LogP contribution >= 0.6 is 0 Å². The molecule has 0 radical (unpaired) electrons. The highest BCUT2D eigenvalue weighted by molar-refractivity contribution is 5.44. The van der Waals surface area contributed by atoms with E-state index >= 15 is 0 Å². The van der Waals surface area contributed by atoms with Crippen LogP contribution in [0.1, 0.15) is 18.5 Å². The quantitative estimate of drug-likeness (QED) is 0.714. The average Bonchev–Trinajstić information content (AvgIpc) is 2.60. The lowest BCUT2D eigenvalue weighted by molar-refractivity contribution is 0.307. The van der Waals surface area contributed by atoms with Crippen molar-refractivity contribution in [2.45, 2.75) is 19.0 Å². The Morgan fingerprint density at radius 1 is 1.67 bits per heavy atom. The van der Waals surface area contributed by atoms with Crippen molar-refractivity contribution in [3.8, 4) is 23.8 Å². The van der Waals surface area contributed by atoms with Gasteiger partial charge in [-0.05, 0) is 19.1 Å². The van der Waals surface area contributed by atoms with E-state index in [1.165, 1.54) is 0 Å². The standard InChI is InChI=1S/C12H13NO2/c1-3-8(2)13-11-7-15-12-6-9(14)4-5-10(11)12/h1,4-6,8,11,13-14H,7H2,2H3. The van der Waals surface area contributed by atoms with Crippen LogP contribution in [0.5, 0.6) is 11.5 Å². The van der Waals surface area contributed by atoms with E-state index < -0.39 is 0 Å². The minimum Gasteiger partial charge on any atom is -0.508 e. The van der Waals surface area contributed by atoms with E-state index in [4.69, 9.17) is 11.2 Å². The fourth-order valence-corrected chi connectivity index (χ4v) is 1.69. The minimum atomic E-state index is 0.0124. The summed E-state index contributed by atoms with van der Waals surface area (Å²) in [6, 6.07) is 5.27. The van der Waals surface area contributed by atoms with Crippen LogP contribution in [-0.2, 0) is 0 Å². The van der Waals surface area contributed by atoms with Gasteiger partial charge in [-0.3, -0.25) is 5.32 Å². The Morgan fingerprint density at radius 2 is 2.47 bits per heavy atom. The van der Waals surface area contributed by atoms with Crippen molar-refractivity contribution in [1.29, 1.82) is 0 Å². The molecule has 1 aromatic rings. The van der Waals surface area contributed by atoms with Gasteiger partial charge in [0.15, 0.2) is 0 Å². The third kappa shape index (κ3) is 1.90. The Kier molecular flexibility index (Phi) is 2.53. The molecule has 0 spiro atoms. The monoisotopic (exact) mass is 203 g/mol. The van der Waals surface area contributed by atoms with E-state index in [9.17, 15) is 5.11 Å². The summed E-state index contributed by atoms with van der Waals surface area (Å²) < 4.78 is 5.45. The minimum absolute atomic E-state index is 0.0124. The zero-order chi connectivity index (χ0) is 10.8. The number of nitrogens with one attached hydrogen (secondary N) is 1. The van der Waals surface area contributed by atoms with Gasteiger partial charge < -0.3 is 9.84 Å². The molecule has 0 aliphatic carbocycles. The largest absolute Gasteiger partial charge is 0.508 e. The maximum atomic E-state index is 9.28. The zero-order valence-electron chi connectivity index (χ0n) is 8.53. The van der Waals surface area contributed by atoms with Crippen LogP contribution in [0.3, 0.4) is 0 Å². The van der Waals surface area contributed by atoms with Gasteiger partial charge in [0, 0.05) is 11.6 Å². The summed E-state index contributed by atoms with van der Waals surface area (Å²) in [5, 5.41) is 12.5. The molecule has 2 unspecified atom stereocenters. The summed E-state index contributed by atoms with van der Waals surface area (Å²) >= 11 is 0. The summed E-state index contributed by atoms with van der Waals surface area (Å²) in [5.74, 6) is 3.57. The highest BCUT2D eigenvalue weighted by Crippen LogP contribution is 2.34. The summed E-state index contributed by atoms with van der Waals surface area (Å²) in [6.45, 7) is 2.49. The van der Waals surface area contributed by atoms with Crippen molar-refractivity contribution in [2.24, 2.45) is 0 Å². The van der Waals surface area contributed by atoms with Gasteiger partial charge in [0.05, 0.1) is 12.1 Å². The predicted molar refractivity (Wildman–Crippen MR) is 57.8 cm³/mol. The van der Waals surface area contributed by atoms with Gasteiger partial charge in [-0.2, -0.15) is 0 Å². The molecule has 0 amide bonds. The number of benzene rings is 1. The van der Waals surface area contributed by atoms with Crippen LogP contribution in [-0.4, -0.2) is 17.8 Å². The Balaban J connectivity index is 2.19. The second-order valence-electron chi connectivity index (χ2n) is 3.64. The number of hydrogen-bond donors (Lipinski definition) is 2. The Morgan fingerprint density at radius 3 is 3.20 bits per heavy atom. The van der Waals surface area contributed by atoms with Crippen LogP contribution in [0.4, 0.5) is 0 Å². The van der Waals surface area contributed by atoms with Crippen molar-refractivity contribution >= 4 is 0 Å². The highest BCUT2D eigenvalue weighted by Gasteiger charge is 2.24. The Labute approximate surface area is 89.1 Å². The number of hydrogen-bond acceptors (Lipinski definition) is 3. The fourth-order valence-electron chi connectivity index (χ4n) is 1.69. The molecule has 0 aromatic heterocycles. The molecule has 1 aliphatic heterocycles. The molecule has 3 nitrogen and oxygen atoms in total. The molecular formula is C12H13NO2. The predicted octanol–water partition coefficient (Wildman–Crippen LogP) is 1.44. The van der Waals surface area contributed by atoms with Crippen LogP contribution in [0.2, 0.25) is 0 Å². The lowest BCUT2D eigenvalue weighted by atomic mass is 10.1. The normalized spacial score (nSPS) is 20.1. The van der Waals surface area contributed by atoms with E-state index in [-0.39, 0.29) is 17.8 Å². The Bertz CT molecular complexity index is 409. The summed E-state index contributed by atoms with van der Waals surface area (Å²) in [6.07, 6.45) is 5.30. The van der Waals surface area contributed by atoms with Gasteiger partial charge in [0.25, 0.3) is 0 Å². The first-order valence-corrected chi connectivity index (χ1v) is 4.88. The molecule has 2 rings (SSSR count). The maximum absolute atomic E-state index is 9.28. The SMILES string of the molecule is C#CC(C)NC1COc2cc(O)ccc21. The Hall–Kier alpha value is -1.66. The molecule has 78 valence electrons. The van der Waals surface area contributed by atoms with E-state index in [1.54, 1.807) is 12.1 Å². The number of terminal acetylenes is 1. The second-order valence-corrected chi connectivity index (χ2v) is 3.64. The van der Waals surface area contributed by atoms with E-state index in [0.29, 0.717) is 6.61 Å². The highest BCUT2D eigenvalue weighted by atomic mass is 16.5. The summed E-state index contributed by atoms with van der Waals surface area (Å²) in [4.78, 5) is 0. The maximum Gasteiger partial charge on any atom is 0.127 e. The van der Waals surface area contributed by atoms with Gasteiger partial charge >= 0.3 is 0 Å². The number of ether oxygens (including phenoxy) is 1. The number of phenolic OH excluding ortho intramolecular Hbond substituents is 1. The molecule has 1 heterocycles. The van der Waals surface area contributed by atoms with Crippen molar-refractivity contribution in [3.63, 3.8) is 0 Å². The van der Waals surface area contributed by atoms with Crippen LogP contribution in [0.15, 0.2) is 18.2 Å². The van der Waals surface area contributed by atoms with Crippen LogP contribution < -0.4 is 10.1 Å². The first-order chi connectivity index (χ1) is 7.20. The number of fused-ring (bicyclic) bond motifs is 1. The smallest absolute Gasteiger partial charge is 0.127 e. The molecule has 0 bridgehead atoms. The average molecular weight is 203 g/mol. The molecular weight excluding hydrogens is 190 g/mol. The number of rotatable bonds is 2. The molecule has 2 N–H and O–H groups in total. The molecule has 1 aromatic carbocycles. The van der Waals surface area contributed by atoms with E-state index in [2.05, 4.69) is 11.2 Å². The third-order valence-electron chi connectivity index (χ3n) is 2.48. The second kappa shape index (κ2) is 3.84. The van der Waals surface area contributed by atoms with Gasteiger partial charge in [-0.1, -0.05) is 5.92 Å². The third-order valence-corrected chi connectivity index (χ3v) is 2.48. The van der Waals surface area contributed by atoms with Crippen molar-refractivity contribution in [1.82, 2.24) is 5.32 Å². The van der Waals surface area contributed by atoms with Crippen molar-refractivity contribution < 1.29 is 9.84 Å². The topological polar surface area (TPSA) is 41.5 Å². The van der Waals surface area contributed by atoms with Gasteiger partial charge in [-0.25, -0.2) is 0 Å². The number of phenols is 1. The molecule has 15 heavy (non-hydrogen) atoms. The van der Waals surface area contributed by atoms with Gasteiger partial charge in [0.2, 0.25) is 0 Å². The lowest BCUT2D eigenvalue weighted by Gasteiger charge is -2.13. The summed E-state index contributed by atoms with van der Waals surface area (Å²) in [7, 11) is 0. The van der Waals surface area contributed by atoms with Crippen LogP contribution in [0, 0.1) is 12.3 Å². The van der Waals surface area contributed by atoms with Crippen molar-refractivity contribution in [2.75, 3.05) is 6.61 Å². The van der Waals surface area contributed by atoms with Crippen molar-refractivity contribution in [3.05, 3.63) is 23.8 Å². The first kappa shape index (κ1) is 9.88. The van der Waals surface area contributed by atoms with E-state index in [0.717, 1.165) is 11.3 Å². The molecule has 0 fully saturated rings. The molecule has 3 heteroatoms. The molecule has 0 saturated heterocycles. The van der Waals surface area contributed by atoms with E-state index in [1.807, 2.05) is 13.0 Å². The van der Waals surface area contributed by atoms with Crippen LogP contribution in [0.25, 0.3) is 0 Å². The fraction of sp³-hybridized carbons (Fsp3) is 0.333. The van der Waals surface area contributed by atoms with Gasteiger partial charge in [0.1, 0.15) is 18.1 Å². The summed E-state index contributed by atoms with van der Waals surface area (Å²) in [5.41, 5.74) is 1.05. The molecule has 1 aliphatic rings. The lowest BCUT2D eigenvalue weighted by Crippen LogP contribution is -2.30.